The molecule has 1 saturated heterocycles. The van der Waals surface area contributed by atoms with E-state index in [2.05, 4.69) is 65.4 Å². The molecule has 1 N–H and O–H groups in total. The van der Waals surface area contributed by atoms with Gasteiger partial charge < -0.3 is 10.0 Å². The molecule has 3 nitrogen and oxygen atoms in total. The first-order valence-electron chi connectivity index (χ1n) is 10.4. The third-order valence-electron chi connectivity index (χ3n) is 5.99. The molecule has 0 spiro atoms. The van der Waals surface area contributed by atoms with E-state index in [1.54, 1.807) is 6.07 Å². The van der Waals surface area contributed by atoms with E-state index in [4.69, 9.17) is 0 Å². The molecule has 0 bridgehead atoms. The normalized spacial score (nSPS) is 17.6. The van der Waals surface area contributed by atoms with Crippen LogP contribution in [0, 0.1) is 0 Å². The maximum absolute atomic E-state index is 9.85. The number of hydrogen-bond acceptors (Lipinski definition) is 3. The van der Waals surface area contributed by atoms with Crippen molar-refractivity contribution in [1.29, 1.82) is 0 Å². The van der Waals surface area contributed by atoms with Gasteiger partial charge in [0, 0.05) is 25.7 Å². The zero-order valence-corrected chi connectivity index (χ0v) is 16.7. The zero-order chi connectivity index (χ0) is 19.3. The van der Waals surface area contributed by atoms with Gasteiger partial charge in [-0.2, -0.15) is 0 Å². The topological polar surface area (TPSA) is 26.7 Å². The largest absolute Gasteiger partial charge is 0.508 e. The van der Waals surface area contributed by atoms with Crippen molar-refractivity contribution in [3.8, 4) is 5.75 Å². The SMILES string of the molecule is CN1CCC[C@H]1CCN(Cc1cccc(O)c1)Cc1ccc2ccccc2c1. The van der Waals surface area contributed by atoms with Gasteiger partial charge in [0.15, 0.2) is 0 Å². The van der Waals surface area contributed by atoms with Crippen LogP contribution in [0.15, 0.2) is 66.7 Å². The molecule has 28 heavy (non-hydrogen) atoms. The number of rotatable bonds is 7. The average Bonchev–Trinajstić information content (AvgIpc) is 3.11. The molecule has 1 aliphatic heterocycles. The summed E-state index contributed by atoms with van der Waals surface area (Å²) in [6, 6.07) is 23.7. The molecule has 3 heteroatoms. The fourth-order valence-corrected chi connectivity index (χ4v) is 4.40. The van der Waals surface area contributed by atoms with Crippen molar-refractivity contribution in [2.75, 3.05) is 20.1 Å². The second kappa shape index (κ2) is 8.76. The minimum absolute atomic E-state index is 0.346. The molecule has 0 saturated carbocycles. The molecular formula is C25H30N2O. The predicted octanol–water partition coefficient (Wildman–Crippen LogP) is 5.03. The Balaban J connectivity index is 1.50. The monoisotopic (exact) mass is 374 g/mol. The highest BCUT2D eigenvalue weighted by atomic mass is 16.3. The Labute approximate surface area is 168 Å². The highest BCUT2D eigenvalue weighted by molar-refractivity contribution is 5.82. The minimum Gasteiger partial charge on any atom is -0.508 e. The maximum Gasteiger partial charge on any atom is 0.115 e. The van der Waals surface area contributed by atoms with Gasteiger partial charge in [0.2, 0.25) is 0 Å². The molecule has 0 unspecified atom stereocenters. The summed E-state index contributed by atoms with van der Waals surface area (Å²) in [5.74, 6) is 0.346. The van der Waals surface area contributed by atoms with Crippen LogP contribution in [0.2, 0.25) is 0 Å². The van der Waals surface area contributed by atoms with Crippen LogP contribution in [0.25, 0.3) is 10.8 Å². The Morgan fingerprint density at radius 2 is 1.71 bits per heavy atom. The number of nitrogens with zero attached hydrogens (tertiary/aromatic N) is 2. The summed E-state index contributed by atoms with van der Waals surface area (Å²) in [4.78, 5) is 5.02. The Morgan fingerprint density at radius 1 is 0.929 bits per heavy atom. The molecule has 0 aromatic heterocycles. The van der Waals surface area contributed by atoms with Gasteiger partial charge in [-0.3, -0.25) is 4.90 Å². The molecule has 146 valence electrons. The summed E-state index contributed by atoms with van der Waals surface area (Å²) < 4.78 is 0. The quantitative estimate of drug-likeness (QED) is 0.628. The smallest absolute Gasteiger partial charge is 0.115 e. The minimum atomic E-state index is 0.346. The van der Waals surface area contributed by atoms with Gasteiger partial charge in [-0.05, 0) is 73.0 Å². The van der Waals surface area contributed by atoms with E-state index in [0.29, 0.717) is 11.8 Å². The van der Waals surface area contributed by atoms with Gasteiger partial charge >= 0.3 is 0 Å². The number of phenols is 1. The van der Waals surface area contributed by atoms with Gasteiger partial charge in [0.25, 0.3) is 0 Å². The van der Waals surface area contributed by atoms with Gasteiger partial charge in [0.05, 0.1) is 0 Å². The van der Waals surface area contributed by atoms with Gasteiger partial charge in [-0.25, -0.2) is 0 Å². The van der Waals surface area contributed by atoms with Crippen LogP contribution >= 0.6 is 0 Å². The molecule has 4 rings (SSSR count). The van der Waals surface area contributed by atoms with E-state index in [9.17, 15) is 5.11 Å². The van der Waals surface area contributed by atoms with E-state index < -0.39 is 0 Å². The highest BCUT2D eigenvalue weighted by Gasteiger charge is 2.21. The molecule has 3 aromatic carbocycles. The van der Waals surface area contributed by atoms with E-state index in [1.165, 1.54) is 47.7 Å². The lowest BCUT2D eigenvalue weighted by molar-refractivity contribution is 0.211. The third kappa shape index (κ3) is 4.73. The summed E-state index contributed by atoms with van der Waals surface area (Å²) in [7, 11) is 2.25. The molecular weight excluding hydrogens is 344 g/mol. The average molecular weight is 375 g/mol. The third-order valence-corrected chi connectivity index (χ3v) is 5.99. The molecule has 0 radical (unpaired) electrons. The van der Waals surface area contributed by atoms with Crippen LogP contribution in [-0.2, 0) is 13.1 Å². The maximum atomic E-state index is 9.85. The lowest BCUT2D eigenvalue weighted by atomic mass is 10.1. The van der Waals surface area contributed by atoms with Gasteiger partial charge in [-0.1, -0.05) is 48.5 Å². The van der Waals surface area contributed by atoms with Crippen LogP contribution in [0.3, 0.4) is 0 Å². The van der Waals surface area contributed by atoms with Crippen molar-refractivity contribution in [2.45, 2.75) is 38.4 Å². The van der Waals surface area contributed by atoms with E-state index in [0.717, 1.165) is 19.6 Å². The molecule has 1 aliphatic rings. The van der Waals surface area contributed by atoms with Crippen LogP contribution in [0.1, 0.15) is 30.4 Å². The van der Waals surface area contributed by atoms with Crippen molar-refractivity contribution < 1.29 is 5.11 Å². The summed E-state index contributed by atoms with van der Waals surface area (Å²) in [6.07, 6.45) is 3.83. The van der Waals surface area contributed by atoms with Crippen molar-refractivity contribution >= 4 is 10.8 Å². The second-order valence-corrected chi connectivity index (χ2v) is 8.13. The zero-order valence-electron chi connectivity index (χ0n) is 16.7. The van der Waals surface area contributed by atoms with Crippen molar-refractivity contribution in [3.63, 3.8) is 0 Å². The molecule has 1 fully saturated rings. The lowest BCUT2D eigenvalue weighted by Gasteiger charge is -2.26. The molecule has 0 amide bonds. The summed E-state index contributed by atoms with van der Waals surface area (Å²) in [5, 5.41) is 12.4. The Morgan fingerprint density at radius 3 is 2.46 bits per heavy atom. The first-order chi connectivity index (χ1) is 13.7. The number of benzene rings is 3. The van der Waals surface area contributed by atoms with Crippen molar-refractivity contribution in [1.82, 2.24) is 9.80 Å². The Bertz CT molecular complexity index is 923. The van der Waals surface area contributed by atoms with E-state index in [1.807, 2.05) is 12.1 Å². The molecule has 1 heterocycles. The van der Waals surface area contributed by atoms with E-state index in [-0.39, 0.29) is 0 Å². The number of fused-ring (bicyclic) bond motifs is 1. The number of hydrogen-bond donors (Lipinski definition) is 1. The first kappa shape index (κ1) is 19.0. The van der Waals surface area contributed by atoms with Crippen LogP contribution in [-0.4, -0.2) is 41.1 Å². The molecule has 0 aliphatic carbocycles. The van der Waals surface area contributed by atoms with Crippen molar-refractivity contribution in [2.24, 2.45) is 0 Å². The summed E-state index contributed by atoms with van der Waals surface area (Å²) in [6.45, 7) is 4.08. The highest BCUT2D eigenvalue weighted by Crippen LogP contribution is 2.22. The van der Waals surface area contributed by atoms with Crippen LogP contribution < -0.4 is 0 Å². The molecule has 1 atom stereocenters. The molecule has 3 aromatic rings. The Hall–Kier alpha value is -2.36. The predicted molar refractivity (Wildman–Crippen MR) is 116 cm³/mol. The van der Waals surface area contributed by atoms with Crippen LogP contribution in [0.5, 0.6) is 5.75 Å². The fourth-order valence-electron chi connectivity index (χ4n) is 4.40. The first-order valence-corrected chi connectivity index (χ1v) is 10.4. The summed E-state index contributed by atoms with van der Waals surface area (Å²) >= 11 is 0. The number of likely N-dealkylation sites (tertiary alicyclic amines) is 1. The van der Waals surface area contributed by atoms with Crippen LogP contribution in [0.4, 0.5) is 0 Å². The van der Waals surface area contributed by atoms with Gasteiger partial charge in [0.1, 0.15) is 5.75 Å². The second-order valence-electron chi connectivity index (χ2n) is 8.13. The summed E-state index contributed by atoms with van der Waals surface area (Å²) in [5.41, 5.74) is 2.51. The standard InChI is InChI=1S/C25H30N2O/c1-26-14-5-9-24(26)13-15-27(18-20-6-4-10-25(28)17-20)19-21-11-12-22-7-2-3-8-23(22)16-21/h2-4,6-8,10-12,16-17,24,28H,5,9,13-15,18-19H2,1H3/t24-/m0/s1. The number of phenolic OH excluding ortho intramolecular Hbond substituents is 1. The number of aromatic hydroxyl groups is 1. The lowest BCUT2D eigenvalue weighted by Crippen LogP contribution is -2.31. The van der Waals surface area contributed by atoms with Gasteiger partial charge in [-0.15, -0.1) is 0 Å². The van der Waals surface area contributed by atoms with E-state index >= 15 is 0 Å². The van der Waals surface area contributed by atoms with Crippen molar-refractivity contribution in [3.05, 3.63) is 77.9 Å². The Kier molecular flexibility index (Phi) is 5.94. The fraction of sp³-hybridized carbons (Fsp3) is 0.360.